The minimum absolute atomic E-state index is 0.144. The van der Waals surface area contributed by atoms with E-state index in [4.69, 9.17) is 4.74 Å². The molecule has 0 aromatic carbocycles. The van der Waals surface area contributed by atoms with Crippen LogP contribution in [0.3, 0.4) is 0 Å². The lowest BCUT2D eigenvalue weighted by Crippen LogP contribution is -2.50. The smallest absolute Gasteiger partial charge is 0.410 e. The monoisotopic (exact) mass is 318 g/mol. The number of carbonyl (C=O) groups is 1. The number of hydrogen-bond donors (Lipinski definition) is 0. The second-order valence-corrected chi connectivity index (χ2v) is 7.74. The Morgan fingerprint density at radius 1 is 1.26 bits per heavy atom. The lowest BCUT2D eigenvalue weighted by molar-refractivity contribution is 0.0102. The van der Waals surface area contributed by atoms with E-state index < -0.39 is 5.60 Å². The van der Waals surface area contributed by atoms with Gasteiger partial charge in [-0.25, -0.2) is 4.79 Å². The first-order valence-electron chi connectivity index (χ1n) is 8.49. The minimum Gasteiger partial charge on any atom is -0.444 e. The maximum atomic E-state index is 12.5. The van der Waals surface area contributed by atoms with Crippen molar-refractivity contribution in [2.24, 2.45) is 5.92 Å². The van der Waals surface area contributed by atoms with Gasteiger partial charge in [-0.15, -0.1) is 0 Å². The van der Waals surface area contributed by atoms with Crippen molar-refractivity contribution in [1.29, 1.82) is 0 Å². The fraction of sp³-hybridized carbons (Fsp3) is 0.667. The van der Waals surface area contributed by atoms with E-state index in [1.807, 2.05) is 43.2 Å². The van der Waals surface area contributed by atoms with Crippen molar-refractivity contribution in [3.05, 3.63) is 33.7 Å². The third-order valence-corrected chi connectivity index (χ3v) is 4.72. The number of hydrogen-bond acceptors (Lipinski definition) is 3. The van der Waals surface area contributed by atoms with E-state index in [2.05, 4.69) is 6.07 Å². The van der Waals surface area contributed by atoms with E-state index in [9.17, 15) is 9.59 Å². The molecule has 0 N–H and O–H groups in total. The highest BCUT2D eigenvalue weighted by Gasteiger charge is 2.37. The third-order valence-electron chi connectivity index (χ3n) is 4.72. The number of pyridine rings is 1. The van der Waals surface area contributed by atoms with Crippen LogP contribution in [-0.4, -0.2) is 34.3 Å². The van der Waals surface area contributed by atoms with Gasteiger partial charge < -0.3 is 14.2 Å². The van der Waals surface area contributed by atoms with Gasteiger partial charge in [0.25, 0.3) is 5.56 Å². The predicted molar refractivity (Wildman–Crippen MR) is 88.7 cm³/mol. The highest BCUT2D eigenvalue weighted by Crippen LogP contribution is 2.35. The molecule has 23 heavy (non-hydrogen) atoms. The molecule has 2 bridgehead atoms. The Balaban J connectivity index is 1.85. The Bertz CT molecular complexity index is 672. The number of ether oxygens (including phenoxy) is 1. The lowest BCUT2D eigenvalue weighted by Gasteiger charge is -2.43. The van der Waals surface area contributed by atoms with Gasteiger partial charge in [-0.1, -0.05) is 13.0 Å². The molecule has 3 rings (SSSR count). The third kappa shape index (κ3) is 3.14. The summed E-state index contributed by atoms with van der Waals surface area (Å²) in [5.74, 6) is 0.562. The van der Waals surface area contributed by atoms with E-state index in [0.29, 0.717) is 25.6 Å². The minimum atomic E-state index is -0.478. The molecule has 1 aromatic heterocycles. The zero-order valence-corrected chi connectivity index (χ0v) is 14.5. The van der Waals surface area contributed by atoms with Gasteiger partial charge in [0.15, 0.2) is 0 Å². The molecular weight excluding hydrogens is 292 g/mol. The van der Waals surface area contributed by atoms with Crippen LogP contribution in [0.5, 0.6) is 0 Å². The van der Waals surface area contributed by atoms with E-state index in [0.717, 1.165) is 24.1 Å². The second-order valence-electron chi connectivity index (χ2n) is 7.74. The average molecular weight is 318 g/mol. The van der Waals surface area contributed by atoms with Crippen molar-refractivity contribution < 1.29 is 9.53 Å². The van der Waals surface area contributed by atoms with E-state index in [1.54, 1.807) is 0 Å². The first-order valence-corrected chi connectivity index (χ1v) is 8.49. The van der Waals surface area contributed by atoms with Crippen LogP contribution < -0.4 is 5.56 Å². The quantitative estimate of drug-likeness (QED) is 0.800. The van der Waals surface area contributed by atoms with E-state index in [-0.39, 0.29) is 17.6 Å². The van der Waals surface area contributed by atoms with Crippen LogP contribution in [0.2, 0.25) is 0 Å². The predicted octanol–water partition coefficient (Wildman–Crippen LogP) is 2.76. The first kappa shape index (κ1) is 16.1. The summed E-state index contributed by atoms with van der Waals surface area (Å²) < 4.78 is 7.44. The maximum absolute atomic E-state index is 12.5. The summed E-state index contributed by atoms with van der Waals surface area (Å²) in [4.78, 5) is 26.7. The Morgan fingerprint density at radius 3 is 2.65 bits per heavy atom. The zero-order chi connectivity index (χ0) is 16.8. The Hall–Kier alpha value is -1.78. The Morgan fingerprint density at radius 2 is 2.00 bits per heavy atom. The summed E-state index contributed by atoms with van der Waals surface area (Å²) in [5.41, 5.74) is 1.61. The van der Waals surface area contributed by atoms with Crippen LogP contribution in [0.4, 0.5) is 4.79 Å². The topological polar surface area (TPSA) is 51.5 Å². The van der Waals surface area contributed by atoms with Gasteiger partial charge in [-0.2, -0.15) is 0 Å². The second kappa shape index (κ2) is 5.69. The van der Waals surface area contributed by atoms with Crippen molar-refractivity contribution in [2.75, 3.05) is 13.1 Å². The molecular formula is C18H26N2O3. The largest absolute Gasteiger partial charge is 0.444 e. The lowest BCUT2D eigenvalue weighted by atomic mass is 9.83. The van der Waals surface area contributed by atoms with Crippen LogP contribution in [0.25, 0.3) is 0 Å². The van der Waals surface area contributed by atoms with E-state index in [1.165, 1.54) is 0 Å². The van der Waals surface area contributed by atoms with Crippen LogP contribution in [0.1, 0.15) is 51.3 Å². The number of aryl methyl sites for hydroxylation is 1. The molecule has 5 heteroatoms. The van der Waals surface area contributed by atoms with Gasteiger partial charge in [0.2, 0.25) is 0 Å². The molecule has 1 fully saturated rings. The molecule has 5 nitrogen and oxygen atoms in total. The molecule has 1 saturated heterocycles. The zero-order valence-electron chi connectivity index (χ0n) is 14.5. The normalized spacial score (nSPS) is 23.4. The molecule has 0 radical (unpaired) electrons. The van der Waals surface area contributed by atoms with Crippen molar-refractivity contribution >= 4 is 6.09 Å². The molecule has 0 saturated carbocycles. The van der Waals surface area contributed by atoms with Crippen LogP contribution >= 0.6 is 0 Å². The summed E-state index contributed by atoms with van der Waals surface area (Å²) >= 11 is 0. The molecule has 2 unspecified atom stereocenters. The van der Waals surface area contributed by atoms with Crippen molar-refractivity contribution in [3.63, 3.8) is 0 Å². The number of fused-ring (bicyclic) bond motifs is 4. The van der Waals surface area contributed by atoms with Gasteiger partial charge in [0.05, 0.1) is 0 Å². The van der Waals surface area contributed by atoms with Gasteiger partial charge in [0, 0.05) is 36.8 Å². The number of aromatic nitrogens is 1. The van der Waals surface area contributed by atoms with Crippen molar-refractivity contribution in [2.45, 2.75) is 58.6 Å². The van der Waals surface area contributed by atoms with Crippen LogP contribution in [0, 0.1) is 5.92 Å². The summed E-state index contributed by atoms with van der Waals surface area (Å²) in [6, 6.07) is 4.01. The number of rotatable bonds is 1. The molecule has 2 aliphatic rings. The number of nitrogens with zero attached hydrogens (tertiary/aromatic N) is 2. The highest BCUT2D eigenvalue weighted by molar-refractivity contribution is 5.68. The molecule has 2 atom stereocenters. The molecule has 3 heterocycles. The standard InChI is InChI=1S/C18H26N2O3/c1-5-13-6-7-15-14-8-12(10-20(15)16(13)21)9-19(11-14)17(22)23-18(2,3)4/h6-7,12,14H,5,8-11H2,1-4H3. The molecule has 0 aliphatic carbocycles. The van der Waals surface area contributed by atoms with Crippen molar-refractivity contribution in [1.82, 2.24) is 9.47 Å². The first-order chi connectivity index (χ1) is 10.8. The molecule has 1 amide bonds. The summed E-state index contributed by atoms with van der Waals surface area (Å²) in [7, 11) is 0. The van der Waals surface area contributed by atoms with Crippen LogP contribution in [-0.2, 0) is 17.7 Å². The summed E-state index contributed by atoms with van der Waals surface area (Å²) in [6.45, 7) is 9.68. The van der Waals surface area contributed by atoms with Gasteiger partial charge >= 0.3 is 6.09 Å². The maximum Gasteiger partial charge on any atom is 0.410 e. The highest BCUT2D eigenvalue weighted by atomic mass is 16.6. The number of piperidine rings is 1. The van der Waals surface area contributed by atoms with Gasteiger partial charge in [0.1, 0.15) is 5.60 Å². The molecule has 126 valence electrons. The number of likely N-dealkylation sites (tertiary alicyclic amines) is 1. The Kier molecular flexibility index (Phi) is 3.98. The van der Waals surface area contributed by atoms with Gasteiger partial charge in [-0.3, -0.25) is 4.79 Å². The fourth-order valence-corrected chi connectivity index (χ4v) is 3.74. The Labute approximate surface area is 137 Å². The van der Waals surface area contributed by atoms with E-state index >= 15 is 0 Å². The SMILES string of the molecule is CCc1ccc2n(c1=O)CC1CC2CN(C(=O)OC(C)(C)C)C1. The number of carbonyl (C=O) groups excluding carboxylic acids is 1. The summed E-state index contributed by atoms with van der Waals surface area (Å²) in [6.07, 6.45) is 1.57. The average Bonchev–Trinajstić information content (AvgIpc) is 2.46. The molecule has 0 spiro atoms. The van der Waals surface area contributed by atoms with Crippen LogP contribution in [0.15, 0.2) is 16.9 Å². The molecule has 1 aromatic rings. The van der Waals surface area contributed by atoms with Crippen molar-refractivity contribution in [3.8, 4) is 0 Å². The summed E-state index contributed by atoms with van der Waals surface area (Å²) in [5, 5.41) is 0. The van der Waals surface area contributed by atoms with Gasteiger partial charge in [-0.05, 0) is 45.6 Å². The fourth-order valence-electron chi connectivity index (χ4n) is 3.74. The molecule has 2 aliphatic heterocycles. The number of amides is 1.